The van der Waals surface area contributed by atoms with Gasteiger partial charge in [-0.25, -0.2) is 0 Å². The molecule has 0 amide bonds. The van der Waals surface area contributed by atoms with Crippen molar-refractivity contribution >= 4 is 23.2 Å². The SMILES string of the molecule is FC(F)(F)C1OC(Cl)C(F)(Cl)O1. The molecule has 0 N–H and O–H groups in total. The summed E-state index contributed by atoms with van der Waals surface area (Å²) >= 11 is 9.72. The first-order valence-electron chi connectivity index (χ1n) is 2.65. The molecule has 0 aromatic rings. The fourth-order valence-corrected chi connectivity index (χ4v) is 0.833. The molecule has 1 aliphatic rings. The van der Waals surface area contributed by atoms with Crippen LogP contribution in [-0.2, 0) is 9.47 Å². The van der Waals surface area contributed by atoms with Gasteiger partial charge in [0.05, 0.1) is 0 Å². The van der Waals surface area contributed by atoms with Crippen molar-refractivity contribution in [1.29, 1.82) is 0 Å². The lowest BCUT2D eigenvalue weighted by Gasteiger charge is -2.13. The molecule has 12 heavy (non-hydrogen) atoms. The van der Waals surface area contributed by atoms with Crippen molar-refractivity contribution in [2.75, 3.05) is 0 Å². The van der Waals surface area contributed by atoms with E-state index in [-0.39, 0.29) is 0 Å². The first-order chi connectivity index (χ1) is 5.23. The van der Waals surface area contributed by atoms with Crippen molar-refractivity contribution in [3.05, 3.63) is 0 Å². The highest BCUT2D eigenvalue weighted by Gasteiger charge is 2.58. The van der Waals surface area contributed by atoms with Crippen LogP contribution in [0.25, 0.3) is 0 Å². The third-order valence-electron chi connectivity index (χ3n) is 1.04. The van der Waals surface area contributed by atoms with Gasteiger partial charge < -0.3 is 4.74 Å². The van der Waals surface area contributed by atoms with Crippen LogP contribution in [0.15, 0.2) is 0 Å². The van der Waals surface area contributed by atoms with Crippen LogP contribution in [0.2, 0.25) is 0 Å². The van der Waals surface area contributed by atoms with E-state index in [9.17, 15) is 17.6 Å². The molecule has 0 bridgehead atoms. The Kier molecular flexibility index (Phi) is 2.46. The van der Waals surface area contributed by atoms with Gasteiger partial charge in [-0.3, -0.25) is 4.74 Å². The van der Waals surface area contributed by atoms with Crippen LogP contribution in [0.1, 0.15) is 0 Å². The third-order valence-corrected chi connectivity index (χ3v) is 1.82. The highest BCUT2D eigenvalue weighted by molar-refractivity contribution is 6.30. The Morgan fingerprint density at radius 1 is 1.33 bits per heavy atom. The second-order valence-electron chi connectivity index (χ2n) is 2.01. The third kappa shape index (κ3) is 1.93. The van der Waals surface area contributed by atoms with E-state index in [1.54, 1.807) is 0 Å². The molecular formula is C4H2Cl2F4O2. The zero-order valence-corrected chi connectivity index (χ0v) is 6.75. The summed E-state index contributed by atoms with van der Waals surface area (Å²) in [6.45, 7) is 0. The summed E-state index contributed by atoms with van der Waals surface area (Å²) in [5.74, 6) is 0. The predicted molar refractivity (Wildman–Crippen MR) is 31.3 cm³/mol. The molecule has 0 aromatic carbocycles. The Morgan fingerprint density at radius 3 is 2.00 bits per heavy atom. The summed E-state index contributed by atoms with van der Waals surface area (Å²) in [6, 6.07) is 0. The Bertz CT molecular complexity index is 182. The van der Waals surface area contributed by atoms with Crippen molar-refractivity contribution in [1.82, 2.24) is 0 Å². The van der Waals surface area contributed by atoms with Gasteiger partial charge in [0.1, 0.15) is 0 Å². The normalized spacial score (nSPS) is 43.5. The Labute approximate surface area is 74.3 Å². The number of alkyl halides is 6. The van der Waals surface area contributed by atoms with Crippen LogP contribution in [-0.4, -0.2) is 23.3 Å². The first kappa shape index (κ1) is 10.3. The van der Waals surface area contributed by atoms with Gasteiger partial charge in [-0.15, -0.1) is 0 Å². The number of ether oxygens (including phenoxy) is 2. The second-order valence-corrected chi connectivity index (χ2v) is 2.92. The maximum atomic E-state index is 12.6. The average Bonchev–Trinajstić information content (AvgIpc) is 2.06. The zero-order chi connectivity index (χ0) is 9.57. The van der Waals surface area contributed by atoms with Crippen LogP contribution in [0.4, 0.5) is 17.6 Å². The quantitative estimate of drug-likeness (QED) is 0.468. The predicted octanol–water partition coefficient (Wildman–Crippen LogP) is 2.35. The van der Waals surface area contributed by atoms with Crippen molar-refractivity contribution in [3.63, 3.8) is 0 Å². The minimum Gasteiger partial charge on any atom is -0.318 e. The molecule has 0 aliphatic carbocycles. The lowest BCUT2D eigenvalue weighted by Crippen LogP contribution is -2.31. The van der Waals surface area contributed by atoms with Gasteiger partial charge in [-0.1, -0.05) is 11.6 Å². The summed E-state index contributed by atoms with van der Waals surface area (Å²) < 4.78 is 55.3. The molecule has 0 aromatic heterocycles. The van der Waals surface area contributed by atoms with Crippen LogP contribution in [0, 0.1) is 0 Å². The molecule has 1 saturated heterocycles. The highest BCUT2D eigenvalue weighted by Crippen LogP contribution is 2.42. The highest BCUT2D eigenvalue weighted by atomic mass is 35.5. The molecule has 1 heterocycles. The van der Waals surface area contributed by atoms with Gasteiger partial charge in [0.25, 0.3) is 6.29 Å². The van der Waals surface area contributed by atoms with E-state index in [1.807, 2.05) is 0 Å². The monoisotopic (exact) mass is 228 g/mol. The molecule has 3 unspecified atom stereocenters. The molecule has 3 atom stereocenters. The Balaban J connectivity index is 2.67. The van der Waals surface area contributed by atoms with Gasteiger partial charge in [0.2, 0.25) is 5.56 Å². The average molecular weight is 229 g/mol. The number of hydrogen-bond donors (Lipinski definition) is 0. The maximum absolute atomic E-state index is 12.6. The lowest BCUT2D eigenvalue weighted by molar-refractivity contribution is -0.286. The van der Waals surface area contributed by atoms with E-state index < -0.39 is 23.3 Å². The fraction of sp³-hybridized carbons (Fsp3) is 1.00. The van der Waals surface area contributed by atoms with E-state index in [2.05, 4.69) is 9.47 Å². The second kappa shape index (κ2) is 2.87. The van der Waals surface area contributed by atoms with E-state index in [1.165, 1.54) is 0 Å². The fourth-order valence-electron chi connectivity index (χ4n) is 0.556. The van der Waals surface area contributed by atoms with Crippen LogP contribution >= 0.6 is 23.2 Å². The van der Waals surface area contributed by atoms with Crippen LogP contribution in [0.5, 0.6) is 0 Å². The van der Waals surface area contributed by atoms with E-state index in [4.69, 9.17) is 23.2 Å². The summed E-state index contributed by atoms with van der Waals surface area (Å²) in [5.41, 5.74) is -1.97. The number of halogens is 6. The number of hydrogen-bond acceptors (Lipinski definition) is 2. The van der Waals surface area contributed by atoms with Gasteiger partial charge in [-0.2, -0.15) is 17.6 Å². The summed E-state index contributed by atoms with van der Waals surface area (Å²) in [5, 5.41) is -3.12. The molecule has 72 valence electrons. The standard InChI is InChI=1S/C4H2Cl2F4O2/c5-1-3(6,7)12-2(11-1)4(8,9)10/h1-2H. The van der Waals surface area contributed by atoms with Crippen LogP contribution in [0.3, 0.4) is 0 Å². The Morgan fingerprint density at radius 2 is 1.83 bits per heavy atom. The van der Waals surface area contributed by atoms with Crippen LogP contribution < -0.4 is 0 Å². The first-order valence-corrected chi connectivity index (χ1v) is 3.47. The molecular weight excluding hydrogens is 227 g/mol. The minimum atomic E-state index is -4.84. The molecule has 1 aliphatic heterocycles. The van der Waals surface area contributed by atoms with Crippen molar-refractivity contribution < 1.29 is 27.0 Å². The summed E-state index contributed by atoms with van der Waals surface area (Å²) in [7, 11) is 0. The van der Waals surface area contributed by atoms with E-state index >= 15 is 0 Å². The summed E-state index contributed by atoms with van der Waals surface area (Å²) in [6.07, 6.45) is -7.54. The zero-order valence-electron chi connectivity index (χ0n) is 5.24. The van der Waals surface area contributed by atoms with Crippen molar-refractivity contribution in [2.45, 2.75) is 23.3 Å². The molecule has 0 saturated carbocycles. The summed E-state index contributed by atoms with van der Waals surface area (Å²) in [4.78, 5) is 0. The van der Waals surface area contributed by atoms with Crippen molar-refractivity contribution in [3.8, 4) is 0 Å². The maximum Gasteiger partial charge on any atom is 0.440 e. The van der Waals surface area contributed by atoms with Crippen molar-refractivity contribution in [2.24, 2.45) is 0 Å². The molecule has 0 spiro atoms. The molecule has 1 fully saturated rings. The number of rotatable bonds is 0. The minimum absolute atomic E-state index is 1.97. The van der Waals surface area contributed by atoms with E-state index in [0.29, 0.717) is 0 Å². The van der Waals surface area contributed by atoms with Gasteiger partial charge in [-0.05, 0) is 11.6 Å². The smallest absolute Gasteiger partial charge is 0.318 e. The topological polar surface area (TPSA) is 18.5 Å². The lowest BCUT2D eigenvalue weighted by atomic mass is 10.6. The van der Waals surface area contributed by atoms with E-state index in [0.717, 1.165) is 0 Å². The largest absolute Gasteiger partial charge is 0.440 e. The molecule has 2 nitrogen and oxygen atoms in total. The van der Waals surface area contributed by atoms with Gasteiger partial charge in [0.15, 0.2) is 0 Å². The Hall–Kier alpha value is 0.220. The molecule has 0 radical (unpaired) electrons. The molecule has 1 rings (SSSR count). The molecule has 8 heteroatoms. The van der Waals surface area contributed by atoms with Gasteiger partial charge in [0, 0.05) is 0 Å². The van der Waals surface area contributed by atoms with Gasteiger partial charge >= 0.3 is 11.5 Å².